The Hall–Kier alpha value is -3.60. The third kappa shape index (κ3) is 4.43. The second-order valence-electron chi connectivity index (χ2n) is 8.78. The molecule has 0 spiro atoms. The number of anilines is 3. The molecule has 5 nitrogen and oxygen atoms in total. The van der Waals surface area contributed by atoms with Crippen LogP contribution in [0, 0.1) is 0 Å². The Morgan fingerprint density at radius 2 is 1.47 bits per heavy atom. The molecule has 3 aromatic carbocycles. The zero-order valence-electron chi connectivity index (χ0n) is 20.4. The maximum absolute atomic E-state index is 13.7. The Balaban J connectivity index is 1.70. The number of fused-ring (bicyclic) bond motifs is 1. The van der Waals surface area contributed by atoms with E-state index in [-0.39, 0.29) is 23.9 Å². The van der Waals surface area contributed by atoms with Gasteiger partial charge in [0.25, 0.3) is 5.91 Å². The van der Waals surface area contributed by atoms with Crippen LogP contribution in [0.3, 0.4) is 0 Å². The van der Waals surface area contributed by atoms with E-state index in [1.54, 1.807) is 6.92 Å². The molecular formula is C29H33N3O2. The highest BCUT2D eigenvalue weighted by atomic mass is 16.2. The number of hydrogen-bond acceptors (Lipinski definition) is 3. The van der Waals surface area contributed by atoms with E-state index in [1.165, 1.54) is 0 Å². The van der Waals surface area contributed by atoms with E-state index >= 15 is 0 Å². The van der Waals surface area contributed by atoms with Crippen LogP contribution in [0.5, 0.6) is 0 Å². The van der Waals surface area contributed by atoms with E-state index in [2.05, 4.69) is 25.7 Å². The van der Waals surface area contributed by atoms with Crippen LogP contribution < -0.4 is 14.7 Å². The lowest BCUT2D eigenvalue weighted by Gasteiger charge is -2.43. The van der Waals surface area contributed by atoms with Gasteiger partial charge in [0.05, 0.1) is 6.04 Å². The summed E-state index contributed by atoms with van der Waals surface area (Å²) in [6.07, 6.45) is 0.661. The average Bonchev–Trinajstić information content (AvgIpc) is 2.85. The van der Waals surface area contributed by atoms with Crippen LogP contribution in [-0.2, 0) is 4.79 Å². The minimum atomic E-state index is -0.139. The second-order valence-corrected chi connectivity index (χ2v) is 8.78. The van der Waals surface area contributed by atoms with E-state index in [0.29, 0.717) is 12.0 Å². The molecule has 1 heterocycles. The van der Waals surface area contributed by atoms with Crippen molar-refractivity contribution in [2.24, 2.45) is 0 Å². The van der Waals surface area contributed by atoms with E-state index in [4.69, 9.17) is 0 Å². The van der Waals surface area contributed by atoms with E-state index < -0.39 is 0 Å². The summed E-state index contributed by atoms with van der Waals surface area (Å²) in [6.45, 7) is 9.78. The Bertz CT molecular complexity index is 1140. The molecule has 2 unspecified atom stereocenters. The van der Waals surface area contributed by atoms with Crippen LogP contribution in [0.2, 0.25) is 0 Å². The Kier molecular flexibility index (Phi) is 7.01. The molecule has 0 N–H and O–H groups in total. The minimum Gasteiger partial charge on any atom is -0.372 e. The summed E-state index contributed by atoms with van der Waals surface area (Å²) in [5, 5.41) is 0. The van der Waals surface area contributed by atoms with E-state index in [0.717, 1.165) is 35.7 Å². The SMILES string of the molecule is CCN(CC)c1ccc(C(=O)N2c3ccccc3C(N(C(C)=O)c3ccccc3)CC2C)cc1. The van der Waals surface area contributed by atoms with Gasteiger partial charge in [0.2, 0.25) is 5.91 Å². The molecular weight excluding hydrogens is 422 g/mol. The van der Waals surface area contributed by atoms with Gasteiger partial charge in [-0.2, -0.15) is 0 Å². The summed E-state index contributed by atoms with van der Waals surface area (Å²) in [5.74, 6) is -0.0245. The van der Waals surface area contributed by atoms with Crippen molar-refractivity contribution >= 4 is 28.9 Å². The number of hydrogen-bond donors (Lipinski definition) is 0. The molecule has 5 heteroatoms. The monoisotopic (exact) mass is 455 g/mol. The zero-order chi connectivity index (χ0) is 24.2. The molecule has 0 fully saturated rings. The molecule has 176 valence electrons. The quantitative estimate of drug-likeness (QED) is 0.453. The second kappa shape index (κ2) is 10.1. The van der Waals surface area contributed by atoms with Crippen LogP contribution in [0.4, 0.5) is 17.1 Å². The van der Waals surface area contributed by atoms with Gasteiger partial charge in [0.1, 0.15) is 0 Å². The van der Waals surface area contributed by atoms with Gasteiger partial charge in [0.15, 0.2) is 0 Å². The summed E-state index contributed by atoms with van der Waals surface area (Å²) < 4.78 is 0. The first-order chi connectivity index (χ1) is 16.5. The molecule has 0 saturated heterocycles. The predicted molar refractivity (Wildman–Crippen MR) is 140 cm³/mol. The average molecular weight is 456 g/mol. The maximum atomic E-state index is 13.7. The molecule has 2 amide bonds. The van der Waals surface area contributed by atoms with Crippen molar-refractivity contribution in [1.82, 2.24) is 0 Å². The number of nitrogens with zero attached hydrogens (tertiary/aromatic N) is 3. The fourth-order valence-electron chi connectivity index (χ4n) is 5.05. The van der Waals surface area contributed by atoms with Gasteiger partial charge < -0.3 is 14.7 Å². The number of rotatable bonds is 6. The lowest BCUT2D eigenvalue weighted by atomic mass is 9.89. The molecule has 0 aromatic heterocycles. The lowest BCUT2D eigenvalue weighted by molar-refractivity contribution is -0.117. The molecule has 1 aliphatic rings. The number of para-hydroxylation sites is 2. The van der Waals surface area contributed by atoms with Gasteiger partial charge in [-0.3, -0.25) is 9.59 Å². The van der Waals surface area contributed by atoms with Gasteiger partial charge >= 0.3 is 0 Å². The summed E-state index contributed by atoms with van der Waals surface area (Å²) in [7, 11) is 0. The van der Waals surface area contributed by atoms with Crippen LogP contribution in [0.1, 0.15) is 56.1 Å². The minimum absolute atomic E-state index is 0.00929. The third-order valence-corrected chi connectivity index (χ3v) is 6.71. The molecule has 2 atom stereocenters. The van der Waals surface area contributed by atoms with E-state index in [1.807, 2.05) is 88.7 Å². The number of carbonyl (C=O) groups is 2. The van der Waals surface area contributed by atoms with Crippen molar-refractivity contribution in [2.45, 2.75) is 46.2 Å². The first-order valence-electron chi connectivity index (χ1n) is 12.1. The van der Waals surface area contributed by atoms with Crippen LogP contribution in [0.15, 0.2) is 78.9 Å². The van der Waals surface area contributed by atoms with Crippen molar-refractivity contribution < 1.29 is 9.59 Å². The fraction of sp³-hybridized carbons (Fsp3) is 0.310. The summed E-state index contributed by atoms with van der Waals surface area (Å²) >= 11 is 0. The smallest absolute Gasteiger partial charge is 0.258 e. The highest BCUT2D eigenvalue weighted by Crippen LogP contribution is 2.42. The molecule has 0 saturated carbocycles. The van der Waals surface area contributed by atoms with Crippen molar-refractivity contribution in [2.75, 3.05) is 27.8 Å². The van der Waals surface area contributed by atoms with Crippen molar-refractivity contribution in [3.05, 3.63) is 90.0 Å². The highest BCUT2D eigenvalue weighted by Gasteiger charge is 2.38. The first kappa shape index (κ1) is 23.6. The van der Waals surface area contributed by atoms with Gasteiger partial charge in [0, 0.05) is 48.7 Å². The molecule has 0 bridgehead atoms. The van der Waals surface area contributed by atoms with Crippen molar-refractivity contribution in [3.63, 3.8) is 0 Å². The van der Waals surface area contributed by atoms with Gasteiger partial charge in [-0.25, -0.2) is 0 Å². The normalized spacial score (nSPS) is 17.1. The number of carbonyl (C=O) groups excluding carboxylic acids is 2. The van der Waals surface area contributed by atoms with Crippen molar-refractivity contribution in [3.8, 4) is 0 Å². The Morgan fingerprint density at radius 1 is 0.853 bits per heavy atom. The summed E-state index contributed by atoms with van der Waals surface area (Å²) in [6, 6.07) is 25.4. The lowest BCUT2D eigenvalue weighted by Crippen LogP contribution is -2.47. The van der Waals surface area contributed by atoms with Crippen LogP contribution in [0.25, 0.3) is 0 Å². The largest absolute Gasteiger partial charge is 0.372 e. The molecule has 0 aliphatic carbocycles. The standard InChI is InChI=1S/C29H33N3O2/c1-5-30(6-2)24-18-16-23(17-19-24)29(34)31-21(3)20-28(26-14-10-11-15-27(26)31)32(22(4)33)25-12-8-7-9-13-25/h7-19,21,28H,5-6,20H2,1-4H3. The van der Waals surface area contributed by atoms with Gasteiger partial charge in [-0.05, 0) is 75.2 Å². The molecule has 4 rings (SSSR count). The highest BCUT2D eigenvalue weighted by molar-refractivity contribution is 6.07. The molecule has 34 heavy (non-hydrogen) atoms. The topological polar surface area (TPSA) is 43.9 Å². The van der Waals surface area contributed by atoms with Crippen LogP contribution in [-0.4, -0.2) is 30.9 Å². The predicted octanol–water partition coefficient (Wildman–Crippen LogP) is 6.07. The number of benzene rings is 3. The molecule has 0 radical (unpaired) electrons. The third-order valence-electron chi connectivity index (χ3n) is 6.71. The van der Waals surface area contributed by atoms with Crippen LogP contribution >= 0.6 is 0 Å². The van der Waals surface area contributed by atoms with Gasteiger partial charge in [-0.15, -0.1) is 0 Å². The first-order valence-corrected chi connectivity index (χ1v) is 12.1. The maximum Gasteiger partial charge on any atom is 0.258 e. The zero-order valence-corrected chi connectivity index (χ0v) is 20.4. The Morgan fingerprint density at radius 3 is 2.09 bits per heavy atom. The van der Waals surface area contributed by atoms with Crippen molar-refractivity contribution in [1.29, 1.82) is 0 Å². The molecule has 3 aromatic rings. The fourth-order valence-corrected chi connectivity index (χ4v) is 5.05. The summed E-state index contributed by atoms with van der Waals surface area (Å²) in [5.41, 5.74) is 4.52. The summed E-state index contributed by atoms with van der Waals surface area (Å²) in [4.78, 5) is 32.5. The number of amides is 2. The molecule has 1 aliphatic heterocycles. The van der Waals surface area contributed by atoms with E-state index in [9.17, 15) is 9.59 Å². The Labute approximate surface area is 202 Å². The van der Waals surface area contributed by atoms with Gasteiger partial charge in [-0.1, -0.05) is 36.4 Å².